The molecule has 1 aromatic carbocycles. The maximum absolute atomic E-state index is 12.0. The monoisotopic (exact) mass is 229 g/mol. The molecule has 1 saturated carbocycles. The molecule has 17 heavy (non-hydrogen) atoms. The first kappa shape index (κ1) is 10.8. The zero-order valence-electron chi connectivity index (χ0n) is 10.1. The van der Waals surface area contributed by atoms with Crippen molar-refractivity contribution in [3.63, 3.8) is 0 Å². The van der Waals surface area contributed by atoms with Gasteiger partial charge in [0.25, 0.3) is 0 Å². The molecule has 1 N–H and O–H groups in total. The molecular formula is C15H19NO. The van der Waals surface area contributed by atoms with Gasteiger partial charge in [-0.1, -0.05) is 30.7 Å². The second kappa shape index (κ2) is 4.52. The van der Waals surface area contributed by atoms with Crippen molar-refractivity contribution >= 4 is 5.91 Å². The molecule has 1 fully saturated rings. The Morgan fingerprint density at radius 2 is 1.94 bits per heavy atom. The number of rotatable bonds is 2. The third-order valence-corrected chi connectivity index (χ3v) is 4.16. The zero-order chi connectivity index (χ0) is 11.7. The summed E-state index contributed by atoms with van der Waals surface area (Å²) in [7, 11) is 0. The summed E-state index contributed by atoms with van der Waals surface area (Å²) in [6.45, 7) is 0. The second-order valence-corrected chi connectivity index (χ2v) is 5.28. The molecular weight excluding hydrogens is 210 g/mol. The summed E-state index contributed by atoms with van der Waals surface area (Å²) in [5.41, 5.74) is 2.75. The third kappa shape index (κ3) is 2.08. The van der Waals surface area contributed by atoms with Crippen LogP contribution in [0.3, 0.4) is 0 Å². The lowest BCUT2D eigenvalue weighted by Crippen LogP contribution is -2.38. The molecule has 0 bridgehead atoms. The van der Waals surface area contributed by atoms with Crippen molar-refractivity contribution in [2.45, 2.75) is 44.6 Å². The van der Waals surface area contributed by atoms with E-state index < -0.39 is 0 Å². The standard InChI is InChI=1S/C15H19NO/c17-15(12-7-3-8-12)16-14-10-4-6-11-5-1-2-9-13(11)14/h1-2,5,9,12,14H,3-4,6-8,10H2,(H,16,17)/t14-/m1/s1. The van der Waals surface area contributed by atoms with Gasteiger partial charge in [-0.15, -0.1) is 0 Å². The van der Waals surface area contributed by atoms with Gasteiger partial charge in [0.2, 0.25) is 5.91 Å². The summed E-state index contributed by atoms with van der Waals surface area (Å²) < 4.78 is 0. The van der Waals surface area contributed by atoms with Crippen molar-refractivity contribution in [3.8, 4) is 0 Å². The smallest absolute Gasteiger partial charge is 0.223 e. The average Bonchev–Trinajstić information content (AvgIpc) is 2.27. The fraction of sp³-hybridized carbons (Fsp3) is 0.533. The number of carbonyl (C=O) groups excluding carboxylic acids is 1. The van der Waals surface area contributed by atoms with E-state index in [1.54, 1.807) is 0 Å². The van der Waals surface area contributed by atoms with Gasteiger partial charge >= 0.3 is 0 Å². The maximum atomic E-state index is 12.0. The highest BCUT2D eigenvalue weighted by molar-refractivity contribution is 5.79. The Morgan fingerprint density at radius 1 is 1.12 bits per heavy atom. The predicted molar refractivity (Wildman–Crippen MR) is 67.6 cm³/mol. The maximum Gasteiger partial charge on any atom is 0.223 e. The van der Waals surface area contributed by atoms with Gasteiger partial charge in [-0.25, -0.2) is 0 Å². The minimum Gasteiger partial charge on any atom is -0.349 e. The van der Waals surface area contributed by atoms with E-state index in [1.807, 2.05) is 0 Å². The average molecular weight is 229 g/mol. The molecule has 90 valence electrons. The van der Waals surface area contributed by atoms with Crippen LogP contribution in [0.25, 0.3) is 0 Å². The van der Waals surface area contributed by atoms with Crippen molar-refractivity contribution < 1.29 is 4.79 Å². The third-order valence-electron chi connectivity index (χ3n) is 4.16. The minimum atomic E-state index is 0.257. The van der Waals surface area contributed by atoms with Crippen LogP contribution >= 0.6 is 0 Å². The summed E-state index contributed by atoms with van der Waals surface area (Å²) in [4.78, 5) is 12.0. The van der Waals surface area contributed by atoms with E-state index in [4.69, 9.17) is 0 Å². The van der Waals surface area contributed by atoms with Crippen molar-refractivity contribution in [2.24, 2.45) is 5.92 Å². The number of amides is 1. The first-order valence-electron chi connectivity index (χ1n) is 6.73. The van der Waals surface area contributed by atoms with Crippen LogP contribution in [-0.2, 0) is 11.2 Å². The van der Waals surface area contributed by atoms with E-state index in [0.29, 0.717) is 5.92 Å². The summed E-state index contributed by atoms with van der Waals surface area (Å²) in [6.07, 6.45) is 6.83. The highest BCUT2D eigenvalue weighted by atomic mass is 16.2. The highest BCUT2D eigenvalue weighted by Crippen LogP contribution is 2.32. The molecule has 2 aliphatic carbocycles. The first-order valence-corrected chi connectivity index (χ1v) is 6.73. The number of hydrogen-bond acceptors (Lipinski definition) is 1. The lowest BCUT2D eigenvalue weighted by molar-refractivity contribution is -0.128. The molecule has 1 amide bonds. The summed E-state index contributed by atoms with van der Waals surface area (Å²) in [6, 6.07) is 8.78. The molecule has 0 unspecified atom stereocenters. The molecule has 0 radical (unpaired) electrons. The summed E-state index contributed by atoms with van der Waals surface area (Å²) >= 11 is 0. The van der Waals surface area contributed by atoms with Crippen LogP contribution < -0.4 is 5.32 Å². The molecule has 0 aliphatic heterocycles. The topological polar surface area (TPSA) is 29.1 Å². The number of aryl methyl sites for hydroxylation is 1. The molecule has 3 rings (SSSR count). The second-order valence-electron chi connectivity index (χ2n) is 5.28. The van der Waals surface area contributed by atoms with Gasteiger partial charge in [0, 0.05) is 5.92 Å². The lowest BCUT2D eigenvalue weighted by atomic mass is 9.83. The quantitative estimate of drug-likeness (QED) is 0.830. The van der Waals surface area contributed by atoms with Crippen molar-refractivity contribution in [1.29, 1.82) is 0 Å². The minimum absolute atomic E-state index is 0.257. The van der Waals surface area contributed by atoms with Gasteiger partial charge < -0.3 is 5.32 Å². The molecule has 1 aromatic rings. The van der Waals surface area contributed by atoms with E-state index in [2.05, 4.69) is 29.6 Å². The normalized spacial score (nSPS) is 23.6. The van der Waals surface area contributed by atoms with Crippen molar-refractivity contribution in [2.75, 3.05) is 0 Å². The molecule has 1 atom stereocenters. The van der Waals surface area contributed by atoms with Crippen molar-refractivity contribution in [3.05, 3.63) is 35.4 Å². The molecule has 2 nitrogen and oxygen atoms in total. The number of fused-ring (bicyclic) bond motifs is 1. The summed E-state index contributed by atoms with van der Waals surface area (Å²) in [5.74, 6) is 0.571. The number of benzene rings is 1. The van der Waals surface area contributed by atoms with Gasteiger partial charge in [-0.05, 0) is 43.2 Å². The number of nitrogens with one attached hydrogen (secondary N) is 1. The van der Waals surface area contributed by atoms with Gasteiger partial charge in [0.1, 0.15) is 0 Å². The zero-order valence-corrected chi connectivity index (χ0v) is 10.1. The van der Waals surface area contributed by atoms with Crippen LogP contribution in [0, 0.1) is 5.92 Å². The van der Waals surface area contributed by atoms with Crippen molar-refractivity contribution in [1.82, 2.24) is 5.32 Å². The highest BCUT2D eigenvalue weighted by Gasteiger charge is 2.28. The Hall–Kier alpha value is -1.31. The SMILES string of the molecule is O=C(N[C@@H]1CCCc2ccccc21)C1CCC1. The predicted octanol–water partition coefficient (Wildman–Crippen LogP) is 2.98. The van der Waals surface area contributed by atoms with Gasteiger partial charge in [-0.2, -0.15) is 0 Å². The summed E-state index contributed by atoms with van der Waals surface area (Å²) in [5, 5.41) is 3.24. The first-order chi connectivity index (χ1) is 8.34. The Balaban J connectivity index is 1.73. The van der Waals surface area contributed by atoms with E-state index in [0.717, 1.165) is 25.7 Å². The molecule has 2 heteroatoms. The van der Waals surface area contributed by atoms with Gasteiger partial charge in [0.15, 0.2) is 0 Å². The van der Waals surface area contributed by atoms with E-state index in [-0.39, 0.29) is 11.9 Å². The molecule has 0 saturated heterocycles. The Labute approximate surface area is 102 Å². The largest absolute Gasteiger partial charge is 0.349 e. The van der Waals surface area contributed by atoms with Crippen LogP contribution in [0.1, 0.15) is 49.3 Å². The fourth-order valence-corrected chi connectivity index (χ4v) is 2.86. The van der Waals surface area contributed by atoms with Crippen LogP contribution in [0.15, 0.2) is 24.3 Å². The molecule has 2 aliphatic rings. The van der Waals surface area contributed by atoms with Gasteiger partial charge in [0.05, 0.1) is 6.04 Å². The Bertz CT molecular complexity index is 423. The van der Waals surface area contributed by atoms with Crippen LogP contribution in [0.4, 0.5) is 0 Å². The van der Waals surface area contributed by atoms with E-state index in [9.17, 15) is 4.79 Å². The lowest BCUT2D eigenvalue weighted by Gasteiger charge is -2.30. The van der Waals surface area contributed by atoms with Crippen LogP contribution in [0.5, 0.6) is 0 Å². The molecule has 0 heterocycles. The Kier molecular flexibility index (Phi) is 2.87. The molecule has 0 spiro atoms. The van der Waals surface area contributed by atoms with Crippen LogP contribution in [0.2, 0.25) is 0 Å². The van der Waals surface area contributed by atoms with E-state index >= 15 is 0 Å². The van der Waals surface area contributed by atoms with Gasteiger partial charge in [-0.3, -0.25) is 4.79 Å². The van der Waals surface area contributed by atoms with Crippen LogP contribution in [-0.4, -0.2) is 5.91 Å². The number of carbonyl (C=O) groups is 1. The number of hydrogen-bond donors (Lipinski definition) is 1. The fourth-order valence-electron chi connectivity index (χ4n) is 2.86. The van der Waals surface area contributed by atoms with E-state index in [1.165, 1.54) is 24.0 Å². The Morgan fingerprint density at radius 3 is 2.71 bits per heavy atom. The molecule has 0 aromatic heterocycles.